The van der Waals surface area contributed by atoms with E-state index in [-0.39, 0.29) is 5.41 Å². The highest BCUT2D eigenvalue weighted by molar-refractivity contribution is 5.40. The van der Waals surface area contributed by atoms with Crippen LogP contribution in [-0.2, 0) is 12.0 Å². The third-order valence-electron chi connectivity index (χ3n) is 3.06. The lowest BCUT2D eigenvalue weighted by Crippen LogP contribution is -2.12. The molecule has 0 fully saturated rings. The van der Waals surface area contributed by atoms with Crippen molar-refractivity contribution >= 4 is 0 Å². The van der Waals surface area contributed by atoms with Crippen molar-refractivity contribution in [1.82, 2.24) is 9.78 Å². The SMILES string of the molecule is COc1cccc(-n2nc(C(C)(C)C)cc2CN)c1. The molecule has 0 bridgehead atoms. The van der Waals surface area contributed by atoms with E-state index in [1.54, 1.807) is 7.11 Å². The average molecular weight is 259 g/mol. The molecule has 0 saturated carbocycles. The topological polar surface area (TPSA) is 53.1 Å². The van der Waals surface area contributed by atoms with Gasteiger partial charge in [0.2, 0.25) is 0 Å². The minimum absolute atomic E-state index is 0.00797. The van der Waals surface area contributed by atoms with E-state index in [1.165, 1.54) is 0 Å². The molecule has 0 saturated heterocycles. The van der Waals surface area contributed by atoms with E-state index < -0.39 is 0 Å². The number of hydrogen-bond acceptors (Lipinski definition) is 3. The zero-order chi connectivity index (χ0) is 14.0. The summed E-state index contributed by atoms with van der Waals surface area (Å²) in [6, 6.07) is 9.89. The van der Waals surface area contributed by atoms with Crippen LogP contribution in [0.1, 0.15) is 32.2 Å². The first kappa shape index (κ1) is 13.6. The van der Waals surface area contributed by atoms with Gasteiger partial charge in [-0.25, -0.2) is 4.68 Å². The van der Waals surface area contributed by atoms with E-state index in [0.717, 1.165) is 22.8 Å². The number of hydrogen-bond donors (Lipinski definition) is 1. The van der Waals surface area contributed by atoms with Crippen molar-refractivity contribution in [2.75, 3.05) is 7.11 Å². The number of aromatic nitrogens is 2. The molecule has 0 aliphatic heterocycles. The lowest BCUT2D eigenvalue weighted by molar-refractivity contribution is 0.414. The number of benzene rings is 1. The first-order valence-corrected chi connectivity index (χ1v) is 6.39. The van der Waals surface area contributed by atoms with Crippen molar-refractivity contribution in [2.24, 2.45) is 5.73 Å². The molecule has 4 nitrogen and oxygen atoms in total. The number of ether oxygens (including phenoxy) is 1. The maximum atomic E-state index is 5.82. The van der Waals surface area contributed by atoms with Crippen LogP contribution in [0.25, 0.3) is 5.69 Å². The van der Waals surface area contributed by atoms with Crippen LogP contribution in [-0.4, -0.2) is 16.9 Å². The fraction of sp³-hybridized carbons (Fsp3) is 0.400. The van der Waals surface area contributed by atoms with E-state index in [9.17, 15) is 0 Å². The normalized spacial score (nSPS) is 11.6. The van der Waals surface area contributed by atoms with Gasteiger partial charge in [0.15, 0.2) is 0 Å². The second kappa shape index (κ2) is 5.05. The molecule has 0 atom stereocenters. The standard InChI is InChI=1S/C15H21N3O/c1-15(2,3)14-9-12(10-16)18(17-14)11-6-5-7-13(8-11)19-4/h5-9H,10,16H2,1-4H3. The van der Waals surface area contributed by atoms with Gasteiger partial charge >= 0.3 is 0 Å². The molecule has 4 heteroatoms. The lowest BCUT2D eigenvalue weighted by Gasteiger charge is -2.14. The summed E-state index contributed by atoms with van der Waals surface area (Å²) < 4.78 is 7.14. The van der Waals surface area contributed by atoms with Crippen LogP contribution in [0.3, 0.4) is 0 Å². The predicted octanol–water partition coefficient (Wildman–Crippen LogP) is 2.64. The number of rotatable bonds is 3. The summed E-state index contributed by atoms with van der Waals surface area (Å²) in [6.07, 6.45) is 0. The monoisotopic (exact) mass is 259 g/mol. The first-order chi connectivity index (χ1) is 8.95. The Balaban J connectivity index is 2.51. The van der Waals surface area contributed by atoms with Gasteiger partial charge in [-0.15, -0.1) is 0 Å². The van der Waals surface area contributed by atoms with Gasteiger partial charge in [0, 0.05) is 18.0 Å². The van der Waals surface area contributed by atoms with Crippen LogP contribution >= 0.6 is 0 Å². The third-order valence-corrected chi connectivity index (χ3v) is 3.06. The van der Waals surface area contributed by atoms with Gasteiger partial charge < -0.3 is 10.5 Å². The molecule has 102 valence electrons. The van der Waals surface area contributed by atoms with E-state index in [2.05, 4.69) is 31.9 Å². The molecule has 0 unspecified atom stereocenters. The van der Waals surface area contributed by atoms with E-state index in [1.807, 2.05) is 28.9 Å². The Morgan fingerprint density at radius 1 is 1.26 bits per heavy atom. The van der Waals surface area contributed by atoms with Gasteiger partial charge in [0.1, 0.15) is 5.75 Å². The molecule has 1 aromatic heterocycles. The Morgan fingerprint density at radius 3 is 2.58 bits per heavy atom. The van der Waals surface area contributed by atoms with Crippen LogP contribution in [0, 0.1) is 0 Å². The smallest absolute Gasteiger partial charge is 0.121 e. The van der Waals surface area contributed by atoms with Gasteiger partial charge in [0.05, 0.1) is 24.2 Å². The largest absolute Gasteiger partial charge is 0.497 e. The zero-order valence-electron chi connectivity index (χ0n) is 12.0. The van der Waals surface area contributed by atoms with Gasteiger partial charge in [-0.2, -0.15) is 5.10 Å². The van der Waals surface area contributed by atoms with Gasteiger partial charge in [-0.05, 0) is 18.2 Å². The number of methoxy groups -OCH3 is 1. The molecular weight excluding hydrogens is 238 g/mol. The minimum atomic E-state index is 0.00797. The van der Waals surface area contributed by atoms with E-state index in [4.69, 9.17) is 10.5 Å². The molecule has 0 aliphatic carbocycles. The van der Waals surface area contributed by atoms with Crippen molar-refractivity contribution in [1.29, 1.82) is 0 Å². The average Bonchev–Trinajstić information content (AvgIpc) is 2.83. The molecule has 0 radical (unpaired) electrons. The molecule has 2 aromatic rings. The molecule has 0 aliphatic rings. The highest BCUT2D eigenvalue weighted by atomic mass is 16.5. The van der Waals surface area contributed by atoms with Gasteiger partial charge in [-0.3, -0.25) is 0 Å². The lowest BCUT2D eigenvalue weighted by atomic mass is 9.92. The molecule has 1 aromatic carbocycles. The highest BCUT2D eigenvalue weighted by Gasteiger charge is 2.20. The van der Waals surface area contributed by atoms with Gasteiger partial charge in [0.25, 0.3) is 0 Å². The zero-order valence-corrected chi connectivity index (χ0v) is 12.0. The summed E-state index contributed by atoms with van der Waals surface area (Å²) in [5, 5.41) is 4.68. The summed E-state index contributed by atoms with van der Waals surface area (Å²) in [5.41, 5.74) is 8.83. The minimum Gasteiger partial charge on any atom is -0.497 e. The van der Waals surface area contributed by atoms with Crippen LogP contribution in [0.5, 0.6) is 5.75 Å². The molecule has 2 N–H and O–H groups in total. The highest BCUT2D eigenvalue weighted by Crippen LogP contribution is 2.24. The Hall–Kier alpha value is -1.81. The molecular formula is C15H21N3O. The second-order valence-corrected chi connectivity index (χ2v) is 5.59. The quantitative estimate of drug-likeness (QED) is 0.922. The molecule has 0 amide bonds. The Kier molecular flexibility index (Phi) is 3.62. The van der Waals surface area contributed by atoms with Crippen LogP contribution in [0.15, 0.2) is 30.3 Å². The predicted molar refractivity (Wildman–Crippen MR) is 76.7 cm³/mol. The molecule has 0 spiro atoms. The maximum absolute atomic E-state index is 5.82. The Labute approximate surface area is 114 Å². The van der Waals surface area contributed by atoms with E-state index >= 15 is 0 Å². The first-order valence-electron chi connectivity index (χ1n) is 6.39. The van der Waals surface area contributed by atoms with Gasteiger partial charge in [-0.1, -0.05) is 26.8 Å². The van der Waals surface area contributed by atoms with Crippen LogP contribution in [0.2, 0.25) is 0 Å². The number of nitrogens with zero attached hydrogens (tertiary/aromatic N) is 2. The van der Waals surface area contributed by atoms with Crippen molar-refractivity contribution in [3.8, 4) is 11.4 Å². The van der Waals surface area contributed by atoms with Crippen molar-refractivity contribution in [3.05, 3.63) is 41.7 Å². The fourth-order valence-electron chi connectivity index (χ4n) is 1.90. The second-order valence-electron chi connectivity index (χ2n) is 5.59. The van der Waals surface area contributed by atoms with Crippen molar-refractivity contribution in [3.63, 3.8) is 0 Å². The Bertz CT molecular complexity index is 567. The van der Waals surface area contributed by atoms with Crippen molar-refractivity contribution < 1.29 is 4.74 Å². The van der Waals surface area contributed by atoms with Crippen LogP contribution in [0.4, 0.5) is 0 Å². The Morgan fingerprint density at radius 2 is 2.00 bits per heavy atom. The maximum Gasteiger partial charge on any atom is 0.121 e. The molecule has 1 heterocycles. The summed E-state index contributed by atoms with van der Waals surface area (Å²) in [5.74, 6) is 0.813. The molecule has 19 heavy (non-hydrogen) atoms. The summed E-state index contributed by atoms with van der Waals surface area (Å²) in [4.78, 5) is 0. The number of nitrogens with two attached hydrogens (primary N) is 1. The fourth-order valence-corrected chi connectivity index (χ4v) is 1.90. The summed E-state index contributed by atoms with van der Waals surface area (Å²) >= 11 is 0. The molecule has 2 rings (SSSR count). The van der Waals surface area contributed by atoms with Crippen LogP contribution < -0.4 is 10.5 Å². The summed E-state index contributed by atoms with van der Waals surface area (Å²) in [7, 11) is 1.66. The summed E-state index contributed by atoms with van der Waals surface area (Å²) in [6.45, 7) is 6.89. The third kappa shape index (κ3) is 2.79. The van der Waals surface area contributed by atoms with E-state index in [0.29, 0.717) is 6.54 Å². The van der Waals surface area contributed by atoms with Crippen molar-refractivity contribution in [2.45, 2.75) is 32.7 Å².